The van der Waals surface area contributed by atoms with Crippen molar-refractivity contribution in [2.75, 3.05) is 11.4 Å². The molecule has 126 valence electrons. The maximum absolute atomic E-state index is 12.3. The largest absolute Gasteiger partial charge is 0.435 e. The van der Waals surface area contributed by atoms with E-state index >= 15 is 0 Å². The van der Waals surface area contributed by atoms with Crippen molar-refractivity contribution in [3.63, 3.8) is 0 Å². The van der Waals surface area contributed by atoms with E-state index in [2.05, 4.69) is 4.74 Å². The normalized spacial score (nSPS) is 18.4. The lowest BCUT2D eigenvalue weighted by atomic mass is 10.0. The molecule has 0 aliphatic carbocycles. The summed E-state index contributed by atoms with van der Waals surface area (Å²) in [4.78, 5) is 24.6. The van der Waals surface area contributed by atoms with Crippen LogP contribution in [0.5, 0.6) is 5.75 Å². The molecule has 0 unspecified atom stereocenters. The number of hydrogen-bond acceptors (Lipinski definition) is 3. The molecule has 1 heterocycles. The highest BCUT2D eigenvalue weighted by Crippen LogP contribution is 2.24. The van der Waals surface area contributed by atoms with Crippen LogP contribution in [0.25, 0.3) is 0 Å². The smallest absolute Gasteiger partial charge is 0.387 e. The van der Waals surface area contributed by atoms with Crippen molar-refractivity contribution in [3.8, 4) is 5.75 Å². The Kier molecular flexibility index (Phi) is 5.41. The lowest BCUT2D eigenvalue weighted by Crippen LogP contribution is -2.53. The number of amides is 2. The van der Waals surface area contributed by atoms with Crippen LogP contribution in [0.3, 0.4) is 0 Å². The Labute approximate surface area is 129 Å². The van der Waals surface area contributed by atoms with Crippen LogP contribution in [0.15, 0.2) is 24.3 Å². The first kappa shape index (κ1) is 17.0. The molecule has 1 aliphatic heterocycles. The Morgan fingerprint density at radius 2 is 1.87 bits per heavy atom. The minimum atomic E-state index is -3.19. The Balaban J connectivity index is 2.07. The molecule has 1 N–H and O–H groups in total. The van der Waals surface area contributed by atoms with Crippen LogP contribution in [0.2, 0.25) is 0 Å². The van der Waals surface area contributed by atoms with Gasteiger partial charge in [0.15, 0.2) is 0 Å². The molecular weight excluding hydrogens is 320 g/mol. The van der Waals surface area contributed by atoms with E-state index < -0.39 is 30.9 Å². The summed E-state index contributed by atoms with van der Waals surface area (Å²) >= 11 is 0. The Hall–Kier alpha value is -2.32. The third kappa shape index (κ3) is 4.33. The van der Waals surface area contributed by atoms with Crippen molar-refractivity contribution in [2.24, 2.45) is 0 Å². The number of benzene rings is 1. The van der Waals surface area contributed by atoms with E-state index in [-0.39, 0.29) is 12.2 Å². The molecule has 1 fully saturated rings. The average Bonchev–Trinajstić information content (AvgIpc) is 2.49. The summed E-state index contributed by atoms with van der Waals surface area (Å²) in [6.07, 6.45) is -2.42. The van der Waals surface area contributed by atoms with E-state index in [0.29, 0.717) is 18.7 Å². The molecule has 2 rings (SSSR count). The zero-order chi connectivity index (χ0) is 17.0. The summed E-state index contributed by atoms with van der Waals surface area (Å²) in [7, 11) is 0. The third-order valence-corrected chi connectivity index (χ3v) is 3.33. The molecule has 5 nitrogen and oxygen atoms in total. The van der Waals surface area contributed by atoms with Gasteiger partial charge in [0.2, 0.25) is 5.91 Å². The monoisotopic (exact) mass is 334 g/mol. The van der Waals surface area contributed by atoms with Crippen LogP contribution in [-0.2, 0) is 9.59 Å². The average molecular weight is 334 g/mol. The number of nitrogens with zero attached hydrogens (tertiary/aromatic N) is 1. The summed E-state index contributed by atoms with van der Waals surface area (Å²) in [5, 5.41) is 2.00. The van der Waals surface area contributed by atoms with Crippen molar-refractivity contribution < 1.29 is 31.9 Å². The summed E-state index contributed by atoms with van der Waals surface area (Å²) < 4.78 is 52.9. The van der Waals surface area contributed by atoms with Crippen LogP contribution in [0, 0.1) is 0 Å². The van der Waals surface area contributed by atoms with Gasteiger partial charge in [0, 0.05) is 12.2 Å². The summed E-state index contributed by atoms with van der Waals surface area (Å²) in [5.41, 5.74) is 0.410. The first-order chi connectivity index (χ1) is 10.9. The molecule has 1 aliphatic rings. The van der Waals surface area contributed by atoms with E-state index in [9.17, 15) is 27.2 Å². The molecule has 1 aromatic carbocycles. The van der Waals surface area contributed by atoms with Gasteiger partial charge in [-0.1, -0.05) is 0 Å². The minimum Gasteiger partial charge on any atom is -0.435 e. The minimum absolute atomic E-state index is 0.0595. The quantitative estimate of drug-likeness (QED) is 0.840. The highest BCUT2D eigenvalue weighted by Gasteiger charge is 2.32. The van der Waals surface area contributed by atoms with Gasteiger partial charge in [-0.3, -0.25) is 9.59 Å². The van der Waals surface area contributed by atoms with E-state index in [0.717, 1.165) is 0 Å². The number of anilines is 1. The SMILES string of the molecule is O=C(N[C@@H]1CCCN(c2ccc(OC(F)F)cc2)C1=O)C(F)F. The maximum atomic E-state index is 12.3. The number of hydrogen-bond donors (Lipinski definition) is 1. The van der Waals surface area contributed by atoms with E-state index in [1.54, 1.807) is 0 Å². The van der Waals surface area contributed by atoms with Crippen molar-refractivity contribution in [1.82, 2.24) is 5.32 Å². The Morgan fingerprint density at radius 1 is 1.22 bits per heavy atom. The summed E-state index contributed by atoms with van der Waals surface area (Å²) in [5.74, 6) is -2.07. The number of halogens is 4. The van der Waals surface area contributed by atoms with E-state index in [4.69, 9.17) is 0 Å². The van der Waals surface area contributed by atoms with Crippen molar-refractivity contribution in [3.05, 3.63) is 24.3 Å². The number of rotatable bonds is 5. The Bertz CT molecular complexity index is 566. The predicted molar refractivity (Wildman–Crippen MR) is 72.6 cm³/mol. The molecule has 0 aromatic heterocycles. The highest BCUT2D eigenvalue weighted by molar-refractivity contribution is 6.00. The second-order valence-corrected chi connectivity index (χ2v) is 4.87. The van der Waals surface area contributed by atoms with Crippen LogP contribution in [0.1, 0.15) is 12.8 Å². The summed E-state index contributed by atoms with van der Waals surface area (Å²) in [6, 6.07) is 4.34. The zero-order valence-electron chi connectivity index (χ0n) is 11.8. The first-order valence-electron chi connectivity index (χ1n) is 6.83. The standard InChI is InChI=1S/C14H14F4N2O3/c15-11(16)12(21)19-10-2-1-7-20(13(10)22)8-3-5-9(6-4-8)23-14(17)18/h3-6,10-11,14H,1-2,7H2,(H,19,21)/t10-/m1/s1. The van der Waals surface area contributed by atoms with Crippen LogP contribution in [0.4, 0.5) is 23.2 Å². The van der Waals surface area contributed by atoms with Crippen LogP contribution >= 0.6 is 0 Å². The van der Waals surface area contributed by atoms with Crippen LogP contribution in [-0.4, -0.2) is 37.4 Å². The third-order valence-electron chi connectivity index (χ3n) is 3.33. The topological polar surface area (TPSA) is 58.6 Å². The molecule has 0 radical (unpaired) electrons. The molecule has 9 heteroatoms. The van der Waals surface area contributed by atoms with Crippen molar-refractivity contribution in [1.29, 1.82) is 0 Å². The van der Waals surface area contributed by atoms with Gasteiger partial charge in [-0.2, -0.15) is 17.6 Å². The second kappa shape index (κ2) is 7.30. The highest BCUT2D eigenvalue weighted by atomic mass is 19.3. The number of nitrogens with one attached hydrogen (secondary N) is 1. The lowest BCUT2D eigenvalue weighted by Gasteiger charge is -2.32. The van der Waals surface area contributed by atoms with Crippen molar-refractivity contribution in [2.45, 2.75) is 31.9 Å². The van der Waals surface area contributed by atoms with Gasteiger partial charge in [-0.25, -0.2) is 0 Å². The fraction of sp³-hybridized carbons (Fsp3) is 0.429. The van der Waals surface area contributed by atoms with Gasteiger partial charge >= 0.3 is 13.0 Å². The van der Waals surface area contributed by atoms with E-state index in [1.807, 2.05) is 5.32 Å². The van der Waals surface area contributed by atoms with Gasteiger partial charge in [0.25, 0.3) is 5.91 Å². The molecular formula is C14H14F4N2O3. The molecule has 0 bridgehead atoms. The molecule has 1 saturated heterocycles. The van der Waals surface area contributed by atoms with Gasteiger partial charge < -0.3 is 15.0 Å². The van der Waals surface area contributed by atoms with Gasteiger partial charge in [-0.15, -0.1) is 0 Å². The predicted octanol–water partition coefficient (Wildman–Crippen LogP) is 2.16. The fourth-order valence-electron chi connectivity index (χ4n) is 2.31. The van der Waals surface area contributed by atoms with Gasteiger partial charge in [0.1, 0.15) is 11.8 Å². The lowest BCUT2D eigenvalue weighted by molar-refractivity contribution is -0.135. The van der Waals surface area contributed by atoms with Gasteiger partial charge in [-0.05, 0) is 37.1 Å². The van der Waals surface area contributed by atoms with Crippen molar-refractivity contribution >= 4 is 17.5 Å². The fourth-order valence-corrected chi connectivity index (χ4v) is 2.31. The molecule has 0 spiro atoms. The second-order valence-electron chi connectivity index (χ2n) is 4.87. The zero-order valence-corrected chi connectivity index (χ0v) is 11.8. The number of alkyl halides is 4. The molecule has 2 amide bonds. The van der Waals surface area contributed by atoms with E-state index in [1.165, 1.54) is 29.2 Å². The number of carbonyl (C=O) groups excluding carboxylic acids is 2. The van der Waals surface area contributed by atoms with Crippen LogP contribution < -0.4 is 15.0 Å². The maximum Gasteiger partial charge on any atom is 0.387 e. The molecule has 23 heavy (non-hydrogen) atoms. The first-order valence-corrected chi connectivity index (χ1v) is 6.83. The van der Waals surface area contributed by atoms with Gasteiger partial charge in [0.05, 0.1) is 0 Å². The number of ether oxygens (including phenoxy) is 1. The number of carbonyl (C=O) groups is 2. The Morgan fingerprint density at radius 3 is 2.43 bits per heavy atom. The molecule has 1 aromatic rings. The summed E-state index contributed by atoms with van der Waals surface area (Å²) in [6.45, 7) is -2.61. The number of piperidine rings is 1. The molecule has 0 saturated carbocycles. The molecule has 1 atom stereocenters.